The van der Waals surface area contributed by atoms with Gasteiger partial charge in [0.15, 0.2) is 5.76 Å². The lowest BCUT2D eigenvalue weighted by atomic mass is 10.1. The SMILES string of the molecule is COP(=O)(Cc1ccc(NC(=O)CCc2cnoc2-c2ccc(Cl)c(F)c2)cc1)OC. The van der Waals surface area contributed by atoms with Crippen LogP contribution in [-0.4, -0.2) is 25.3 Å². The van der Waals surface area contributed by atoms with Gasteiger partial charge in [0, 0.05) is 37.5 Å². The number of amides is 1. The van der Waals surface area contributed by atoms with Crippen LogP contribution in [0.4, 0.5) is 10.1 Å². The zero-order chi connectivity index (χ0) is 22.4. The third-order valence-electron chi connectivity index (χ3n) is 4.62. The molecule has 3 aromatic rings. The second-order valence-corrected chi connectivity index (χ2v) is 9.36. The van der Waals surface area contributed by atoms with Crippen molar-refractivity contribution in [2.24, 2.45) is 0 Å². The molecule has 164 valence electrons. The molecule has 0 aliphatic rings. The average molecular weight is 467 g/mol. The first-order chi connectivity index (χ1) is 14.8. The molecule has 0 saturated carbocycles. The van der Waals surface area contributed by atoms with E-state index in [2.05, 4.69) is 10.5 Å². The van der Waals surface area contributed by atoms with Crippen molar-refractivity contribution in [2.45, 2.75) is 19.0 Å². The summed E-state index contributed by atoms with van der Waals surface area (Å²) < 4.78 is 41.0. The Morgan fingerprint density at radius 3 is 2.55 bits per heavy atom. The van der Waals surface area contributed by atoms with Crippen molar-refractivity contribution in [3.05, 3.63) is 70.6 Å². The lowest BCUT2D eigenvalue weighted by Crippen LogP contribution is -2.12. The lowest BCUT2D eigenvalue weighted by molar-refractivity contribution is -0.116. The Morgan fingerprint density at radius 1 is 1.19 bits per heavy atom. The molecule has 0 aliphatic heterocycles. The average Bonchev–Trinajstić information content (AvgIpc) is 3.24. The molecular weight excluding hydrogens is 446 g/mol. The molecule has 1 amide bonds. The number of nitrogens with zero attached hydrogens (tertiary/aromatic N) is 1. The highest BCUT2D eigenvalue weighted by molar-refractivity contribution is 7.52. The number of hydrogen-bond donors (Lipinski definition) is 1. The number of aryl methyl sites for hydroxylation is 1. The number of rotatable bonds is 9. The van der Waals surface area contributed by atoms with E-state index in [9.17, 15) is 13.8 Å². The molecule has 3 rings (SSSR count). The highest BCUT2D eigenvalue weighted by Gasteiger charge is 2.21. The molecular formula is C21H21ClFN2O5P. The molecule has 0 atom stereocenters. The summed E-state index contributed by atoms with van der Waals surface area (Å²) in [6.45, 7) is 0. The van der Waals surface area contributed by atoms with E-state index < -0.39 is 13.4 Å². The van der Waals surface area contributed by atoms with Crippen molar-refractivity contribution in [1.82, 2.24) is 5.16 Å². The van der Waals surface area contributed by atoms with Gasteiger partial charge in [-0.3, -0.25) is 9.36 Å². The molecule has 1 aromatic heterocycles. The minimum atomic E-state index is -3.15. The van der Waals surface area contributed by atoms with Gasteiger partial charge in [-0.05, 0) is 42.3 Å². The van der Waals surface area contributed by atoms with Gasteiger partial charge in [-0.2, -0.15) is 0 Å². The fraction of sp³-hybridized carbons (Fsp3) is 0.238. The molecule has 31 heavy (non-hydrogen) atoms. The van der Waals surface area contributed by atoms with Gasteiger partial charge in [-0.1, -0.05) is 28.9 Å². The van der Waals surface area contributed by atoms with Crippen LogP contribution in [0.2, 0.25) is 5.02 Å². The van der Waals surface area contributed by atoms with E-state index in [-0.39, 0.29) is 23.5 Å². The zero-order valence-electron chi connectivity index (χ0n) is 16.9. The third kappa shape index (κ3) is 6.02. The summed E-state index contributed by atoms with van der Waals surface area (Å²) in [5, 5.41) is 6.58. The summed E-state index contributed by atoms with van der Waals surface area (Å²) in [6.07, 6.45) is 2.18. The molecule has 0 fully saturated rings. The fourth-order valence-corrected chi connectivity index (χ4v) is 4.09. The molecule has 0 aliphatic carbocycles. The van der Waals surface area contributed by atoms with Gasteiger partial charge < -0.3 is 18.9 Å². The van der Waals surface area contributed by atoms with E-state index in [1.807, 2.05) is 0 Å². The summed E-state index contributed by atoms with van der Waals surface area (Å²) in [5.74, 6) is -0.370. The number of anilines is 1. The van der Waals surface area contributed by atoms with Gasteiger partial charge in [0.1, 0.15) is 5.82 Å². The summed E-state index contributed by atoms with van der Waals surface area (Å²) in [6, 6.07) is 11.2. The van der Waals surface area contributed by atoms with Crippen LogP contribution in [-0.2, 0) is 31.0 Å². The lowest BCUT2D eigenvalue weighted by Gasteiger charge is -2.13. The number of carbonyl (C=O) groups excluding carboxylic acids is 1. The molecule has 1 heterocycles. The summed E-state index contributed by atoms with van der Waals surface area (Å²) in [4.78, 5) is 12.3. The minimum Gasteiger partial charge on any atom is -0.356 e. The second-order valence-electron chi connectivity index (χ2n) is 6.69. The maximum Gasteiger partial charge on any atom is 0.334 e. The Morgan fingerprint density at radius 2 is 1.90 bits per heavy atom. The third-order valence-corrected chi connectivity index (χ3v) is 6.79. The van der Waals surface area contributed by atoms with Crippen LogP contribution in [0.5, 0.6) is 0 Å². The van der Waals surface area contributed by atoms with Crippen LogP contribution in [0.25, 0.3) is 11.3 Å². The van der Waals surface area contributed by atoms with Crippen LogP contribution >= 0.6 is 19.2 Å². The number of nitrogens with one attached hydrogen (secondary N) is 1. The number of benzene rings is 2. The largest absolute Gasteiger partial charge is 0.356 e. The van der Waals surface area contributed by atoms with E-state index in [4.69, 9.17) is 25.2 Å². The molecule has 0 spiro atoms. The maximum atomic E-state index is 13.7. The van der Waals surface area contributed by atoms with Gasteiger partial charge in [-0.25, -0.2) is 4.39 Å². The highest BCUT2D eigenvalue weighted by Crippen LogP contribution is 2.49. The smallest absolute Gasteiger partial charge is 0.334 e. The van der Waals surface area contributed by atoms with E-state index in [0.29, 0.717) is 29.0 Å². The summed E-state index contributed by atoms with van der Waals surface area (Å²) >= 11 is 5.72. The Balaban J connectivity index is 1.58. The normalized spacial score (nSPS) is 11.5. The summed E-state index contributed by atoms with van der Waals surface area (Å²) in [7, 11) is -0.480. The molecule has 0 bridgehead atoms. The molecule has 0 radical (unpaired) electrons. The van der Waals surface area contributed by atoms with Crippen molar-refractivity contribution in [2.75, 3.05) is 19.5 Å². The Kier molecular flexibility index (Phi) is 7.62. The monoisotopic (exact) mass is 466 g/mol. The standard InChI is InChI=1S/C21H21ClFN2O5P/c1-28-31(27,29-2)13-14-3-7-17(8-4-14)25-20(26)10-6-16-12-24-30-21(16)15-5-9-18(22)19(23)11-15/h3-5,7-9,11-12H,6,10,13H2,1-2H3,(H,25,26). The molecule has 1 N–H and O–H groups in total. The predicted molar refractivity (Wildman–Crippen MR) is 116 cm³/mol. The van der Waals surface area contributed by atoms with Gasteiger partial charge >= 0.3 is 7.60 Å². The number of hydrogen-bond acceptors (Lipinski definition) is 6. The number of carbonyl (C=O) groups is 1. The quantitative estimate of drug-likeness (QED) is 0.407. The highest BCUT2D eigenvalue weighted by atomic mass is 35.5. The zero-order valence-corrected chi connectivity index (χ0v) is 18.6. The number of halogens is 2. The minimum absolute atomic E-state index is 0.0162. The molecule has 2 aromatic carbocycles. The first-order valence-corrected chi connectivity index (χ1v) is 11.4. The van der Waals surface area contributed by atoms with E-state index in [0.717, 1.165) is 5.56 Å². The van der Waals surface area contributed by atoms with Crippen molar-refractivity contribution >= 4 is 30.8 Å². The van der Waals surface area contributed by atoms with Crippen molar-refractivity contribution in [3.8, 4) is 11.3 Å². The van der Waals surface area contributed by atoms with Crippen LogP contribution in [0, 0.1) is 5.82 Å². The van der Waals surface area contributed by atoms with Crippen LogP contribution in [0.3, 0.4) is 0 Å². The van der Waals surface area contributed by atoms with Crippen LogP contribution < -0.4 is 5.32 Å². The maximum absolute atomic E-state index is 13.7. The van der Waals surface area contributed by atoms with Crippen molar-refractivity contribution in [3.63, 3.8) is 0 Å². The Labute approximate surface area is 184 Å². The molecule has 7 nitrogen and oxygen atoms in total. The summed E-state index contributed by atoms with van der Waals surface area (Å²) in [5.41, 5.74) is 2.54. The topological polar surface area (TPSA) is 90.7 Å². The fourth-order valence-electron chi connectivity index (χ4n) is 2.91. The first-order valence-electron chi connectivity index (χ1n) is 9.32. The van der Waals surface area contributed by atoms with E-state index >= 15 is 0 Å². The Bertz CT molecular complexity index is 1100. The van der Waals surface area contributed by atoms with Gasteiger partial charge in [0.05, 0.1) is 17.4 Å². The predicted octanol–water partition coefficient (Wildman–Crippen LogP) is 5.69. The van der Waals surface area contributed by atoms with Gasteiger partial charge in [-0.15, -0.1) is 0 Å². The van der Waals surface area contributed by atoms with Crippen molar-refractivity contribution < 1.29 is 27.3 Å². The molecule has 10 heteroatoms. The first kappa shape index (κ1) is 23.2. The molecule has 0 unspecified atom stereocenters. The van der Waals surface area contributed by atoms with Crippen LogP contribution in [0.15, 0.2) is 53.2 Å². The van der Waals surface area contributed by atoms with Gasteiger partial charge in [0.2, 0.25) is 5.91 Å². The number of aromatic nitrogens is 1. The van der Waals surface area contributed by atoms with Crippen LogP contribution in [0.1, 0.15) is 17.5 Å². The second kappa shape index (κ2) is 10.2. The van der Waals surface area contributed by atoms with Crippen molar-refractivity contribution in [1.29, 1.82) is 0 Å². The molecule has 0 saturated heterocycles. The van der Waals surface area contributed by atoms with E-state index in [1.54, 1.807) is 30.3 Å². The Hall–Kier alpha value is -2.51. The van der Waals surface area contributed by atoms with Gasteiger partial charge in [0.25, 0.3) is 0 Å². The van der Waals surface area contributed by atoms with E-state index in [1.165, 1.54) is 32.5 Å².